The highest BCUT2D eigenvalue weighted by Gasteiger charge is 2.39. The molecule has 0 saturated heterocycles. The molecule has 0 N–H and O–H groups in total. The lowest BCUT2D eigenvalue weighted by Gasteiger charge is -1.98. The second kappa shape index (κ2) is 2.20. The van der Waals surface area contributed by atoms with Crippen LogP contribution in [0.3, 0.4) is 0 Å². The molecule has 0 heterocycles. The third-order valence-electron chi connectivity index (χ3n) is 0.421. The molecule has 1 radical (unpaired) electrons. The molecule has 0 aromatic heterocycles. The Bertz CT molecular complexity index is 130. The van der Waals surface area contributed by atoms with Crippen molar-refractivity contribution in [1.29, 1.82) is 0 Å². The Hall–Kier alpha value is -0.810. The Kier molecular flexibility index (Phi) is 2.00. The Morgan fingerprint density at radius 3 is 1.44 bits per heavy atom. The maximum absolute atomic E-state index is 11.1. The molecular weight excluding hydrogens is 147 g/mol. The zero-order valence-corrected chi connectivity index (χ0v) is 3.80. The lowest BCUT2D eigenvalue weighted by Crippen LogP contribution is -2.08. The molecule has 1 nitrogen and oxygen atoms in total. The van der Waals surface area contributed by atoms with E-state index in [0.717, 1.165) is 0 Å². The summed E-state index contributed by atoms with van der Waals surface area (Å²) in [6, 6.07) is -3.09. The zero-order chi connectivity index (χ0) is 7.65. The average Bonchev–Trinajstić information content (AvgIpc) is 1.62. The van der Waals surface area contributed by atoms with Crippen LogP contribution in [-0.2, 0) is 5.11 Å². The molecule has 0 aliphatic carbocycles. The van der Waals surface area contributed by atoms with E-state index in [1.165, 1.54) is 0 Å². The van der Waals surface area contributed by atoms with Crippen molar-refractivity contribution in [2.75, 3.05) is 0 Å². The monoisotopic (exact) mass is 147 g/mol. The smallest absolute Gasteiger partial charge is 0.253 e. The molecule has 0 fully saturated rings. The summed E-state index contributed by atoms with van der Waals surface area (Å²) in [6.07, 6.45) is -5.49. The zero-order valence-electron chi connectivity index (χ0n) is 3.80. The van der Waals surface area contributed by atoms with Gasteiger partial charge in [-0.3, -0.25) is 5.11 Å². The van der Waals surface area contributed by atoms with Gasteiger partial charge in [0, 0.05) is 0 Å². The largest absolute Gasteiger partial charge is 0.449 e. The van der Waals surface area contributed by atoms with Gasteiger partial charge in [0.2, 0.25) is 0 Å². The van der Waals surface area contributed by atoms with Crippen LogP contribution >= 0.6 is 0 Å². The summed E-state index contributed by atoms with van der Waals surface area (Å²) in [5.74, 6) is -3.22. The van der Waals surface area contributed by atoms with Gasteiger partial charge in [-0.1, -0.05) is 0 Å². The van der Waals surface area contributed by atoms with E-state index in [0.29, 0.717) is 0 Å². The fourth-order valence-electron chi connectivity index (χ4n) is 0.111. The van der Waals surface area contributed by atoms with Crippen LogP contribution in [0.25, 0.3) is 0 Å². The van der Waals surface area contributed by atoms with Crippen LogP contribution in [0.2, 0.25) is 0 Å². The summed E-state index contributed by atoms with van der Waals surface area (Å²) in [6.45, 7) is 0. The first-order valence-corrected chi connectivity index (χ1v) is 1.65. The van der Waals surface area contributed by atoms with Crippen molar-refractivity contribution in [3.05, 3.63) is 11.8 Å². The Morgan fingerprint density at radius 1 is 1.11 bits per heavy atom. The number of halogens is 5. The summed E-state index contributed by atoms with van der Waals surface area (Å²) in [4.78, 5) is 0. The fraction of sp³-hybridized carbons (Fsp3) is 0.333. The minimum absolute atomic E-state index is 3.09. The normalized spacial score (nSPS) is 15.2. The highest BCUT2D eigenvalue weighted by molar-refractivity contribution is 4.97. The van der Waals surface area contributed by atoms with Crippen molar-refractivity contribution < 1.29 is 27.1 Å². The first-order valence-electron chi connectivity index (χ1n) is 1.65. The molecule has 0 aromatic carbocycles. The van der Waals surface area contributed by atoms with Crippen LogP contribution in [0, 0.1) is 0 Å². The lowest BCUT2D eigenvalue weighted by molar-refractivity contribution is -0.116. The maximum atomic E-state index is 11.1. The van der Waals surface area contributed by atoms with Gasteiger partial charge in [-0.25, -0.2) is 0 Å². The van der Waals surface area contributed by atoms with Gasteiger partial charge in [-0.05, 0) is 0 Å². The molecule has 0 aliphatic rings. The van der Waals surface area contributed by atoms with Crippen LogP contribution < -0.4 is 0 Å². The summed E-state index contributed by atoms with van der Waals surface area (Å²) >= 11 is 0. The topological polar surface area (TPSA) is 19.9 Å². The van der Waals surface area contributed by atoms with Crippen molar-refractivity contribution >= 4 is 0 Å². The predicted molar refractivity (Wildman–Crippen MR) is 16.0 cm³/mol. The molecule has 0 bridgehead atoms. The lowest BCUT2D eigenvalue weighted by atomic mass is 10.6. The van der Waals surface area contributed by atoms with Gasteiger partial charge in [0.1, 0.15) is 0 Å². The SMILES string of the molecule is [O]C(F)=C(F)C(F)(F)F. The number of rotatable bonds is 0. The molecule has 0 aromatic rings. The van der Waals surface area contributed by atoms with Gasteiger partial charge >= 0.3 is 12.2 Å². The van der Waals surface area contributed by atoms with E-state index < -0.39 is 18.0 Å². The third kappa shape index (κ3) is 2.29. The van der Waals surface area contributed by atoms with E-state index in [2.05, 4.69) is 0 Å². The van der Waals surface area contributed by atoms with Gasteiger partial charge in [-0.2, -0.15) is 22.0 Å². The molecule has 53 valence electrons. The molecule has 0 rings (SSSR count). The minimum Gasteiger partial charge on any atom is -0.253 e. The number of allylic oxidation sites excluding steroid dienone is 1. The molecule has 9 heavy (non-hydrogen) atoms. The van der Waals surface area contributed by atoms with Crippen molar-refractivity contribution in [1.82, 2.24) is 0 Å². The number of alkyl halides is 3. The van der Waals surface area contributed by atoms with E-state index in [-0.39, 0.29) is 0 Å². The first-order chi connectivity index (χ1) is 3.85. The second-order valence-electron chi connectivity index (χ2n) is 1.09. The molecule has 0 atom stereocenters. The minimum atomic E-state index is -5.49. The molecule has 0 unspecified atom stereocenters. The maximum Gasteiger partial charge on any atom is 0.449 e. The molecule has 0 aliphatic heterocycles. The molecule has 0 amide bonds. The average molecular weight is 147 g/mol. The Morgan fingerprint density at radius 2 is 1.44 bits per heavy atom. The van der Waals surface area contributed by atoms with Crippen LogP contribution in [0.5, 0.6) is 0 Å². The van der Waals surface area contributed by atoms with Crippen molar-refractivity contribution in [2.45, 2.75) is 6.18 Å². The number of hydrogen-bond donors (Lipinski definition) is 0. The van der Waals surface area contributed by atoms with E-state index in [1.807, 2.05) is 0 Å². The Balaban J connectivity index is 4.40. The molecule has 0 saturated carbocycles. The van der Waals surface area contributed by atoms with Crippen LogP contribution in [0.1, 0.15) is 0 Å². The van der Waals surface area contributed by atoms with E-state index in [1.54, 1.807) is 0 Å². The van der Waals surface area contributed by atoms with Crippen LogP contribution in [0.15, 0.2) is 11.8 Å². The molecule has 6 heteroatoms. The summed E-state index contributed by atoms with van der Waals surface area (Å²) < 4.78 is 54.4. The van der Waals surface area contributed by atoms with Crippen LogP contribution in [0.4, 0.5) is 22.0 Å². The fourth-order valence-corrected chi connectivity index (χ4v) is 0.111. The second-order valence-corrected chi connectivity index (χ2v) is 1.09. The van der Waals surface area contributed by atoms with E-state index in [4.69, 9.17) is 5.11 Å². The standard InChI is InChI=1S/C3F5O/c4-1(2(5)9)3(6,7)8. The highest BCUT2D eigenvalue weighted by atomic mass is 19.4. The van der Waals surface area contributed by atoms with Crippen LogP contribution in [-0.4, -0.2) is 6.18 Å². The molecule has 0 spiro atoms. The first kappa shape index (κ1) is 8.19. The van der Waals surface area contributed by atoms with Gasteiger partial charge in [0.15, 0.2) is 0 Å². The van der Waals surface area contributed by atoms with Gasteiger partial charge in [0.05, 0.1) is 0 Å². The van der Waals surface area contributed by atoms with Crippen molar-refractivity contribution in [2.24, 2.45) is 0 Å². The van der Waals surface area contributed by atoms with Gasteiger partial charge in [-0.15, -0.1) is 0 Å². The third-order valence-corrected chi connectivity index (χ3v) is 0.421. The van der Waals surface area contributed by atoms with Crippen molar-refractivity contribution in [3.63, 3.8) is 0 Å². The summed E-state index contributed by atoms with van der Waals surface area (Å²) in [7, 11) is 0. The van der Waals surface area contributed by atoms with Gasteiger partial charge in [0.25, 0.3) is 5.83 Å². The highest BCUT2D eigenvalue weighted by Crippen LogP contribution is 2.28. The quantitative estimate of drug-likeness (QED) is 0.369. The van der Waals surface area contributed by atoms with Crippen molar-refractivity contribution in [3.8, 4) is 0 Å². The van der Waals surface area contributed by atoms with Gasteiger partial charge < -0.3 is 0 Å². The Labute approximate surface area is 46.4 Å². The summed E-state index contributed by atoms with van der Waals surface area (Å²) in [5, 5.41) is 8.99. The summed E-state index contributed by atoms with van der Waals surface area (Å²) in [5.41, 5.74) is 0. The predicted octanol–water partition coefficient (Wildman–Crippen LogP) is 2.09. The van der Waals surface area contributed by atoms with E-state index >= 15 is 0 Å². The van der Waals surface area contributed by atoms with E-state index in [9.17, 15) is 22.0 Å². The number of hydrogen-bond acceptors (Lipinski definition) is 0. The molecular formula is C3F5O.